The van der Waals surface area contributed by atoms with E-state index in [1.54, 1.807) is 0 Å². The van der Waals surface area contributed by atoms with Crippen LogP contribution in [-0.2, 0) is 6.42 Å². The van der Waals surface area contributed by atoms with Crippen LogP contribution in [0.2, 0.25) is 0 Å². The van der Waals surface area contributed by atoms with Gasteiger partial charge in [0.1, 0.15) is 6.29 Å². The van der Waals surface area contributed by atoms with Crippen LogP contribution >= 0.6 is 15.9 Å². The predicted molar refractivity (Wildman–Crippen MR) is 51.8 cm³/mol. The van der Waals surface area contributed by atoms with E-state index in [1.165, 1.54) is 11.1 Å². The third-order valence-corrected chi connectivity index (χ3v) is 3.26. The van der Waals surface area contributed by atoms with Crippen LogP contribution in [0.15, 0.2) is 18.2 Å². The lowest BCUT2D eigenvalue weighted by Gasteiger charge is -2.01. The van der Waals surface area contributed by atoms with Gasteiger partial charge in [0, 0.05) is 10.4 Å². The monoisotopic (exact) mass is 224 g/mol. The number of rotatable bonds is 1. The molecule has 1 atom stereocenters. The molecule has 0 radical (unpaired) electrons. The Morgan fingerprint density at radius 2 is 2.33 bits per heavy atom. The summed E-state index contributed by atoms with van der Waals surface area (Å²) in [6.45, 7) is 0. The molecule has 1 aromatic rings. The van der Waals surface area contributed by atoms with Gasteiger partial charge in [-0.25, -0.2) is 0 Å². The van der Waals surface area contributed by atoms with Crippen LogP contribution in [0, 0.1) is 0 Å². The summed E-state index contributed by atoms with van der Waals surface area (Å²) in [5.74, 6) is 0. The van der Waals surface area contributed by atoms with E-state index in [-0.39, 0.29) is 0 Å². The van der Waals surface area contributed by atoms with Crippen molar-refractivity contribution in [2.24, 2.45) is 0 Å². The SMILES string of the molecule is O=Cc1ccc2c(c1)CCC2Br. The summed E-state index contributed by atoms with van der Waals surface area (Å²) in [7, 11) is 0. The van der Waals surface area contributed by atoms with Crippen LogP contribution in [0.25, 0.3) is 0 Å². The van der Waals surface area contributed by atoms with E-state index in [0.29, 0.717) is 4.83 Å². The van der Waals surface area contributed by atoms with E-state index in [9.17, 15) is 4.79 Å². The molecule has 0 saturated heterocycles. The molecule has 0 fully saturated rings. The van der Waals surface area contributed by atoms with Crippen LogP contribution in [0.4, 0.5) is 0 Å². The Morgan fingerprint density at radius 3 is 3.08 bits per heavy atom. The van der Waals surface area contributed by atoms with Crippen molar-refractivity contribution in [1.29, 1.82) is 0 Å². The van der Waals surface area contributed by atoms with Crippen molar-refractivity contribution in [3.63, 3.8) is 0 Å². The molecule has 0 bridgehead atoms. The summed E-state index contributed by atoms with van der Waals surface area (Å²) in [4.78, 5) is 11.0. The van der Waals surface area contributed by atoms with Gasteiger partial charge >= 0.3 is 0 Å². The van der Waals surface area contributed by atoms with Gasteiger partial charge in [-0.3, -0.25) is 4.79 Å². The van der Waals surface area contributed by atoms with E-state index < -0.39 is 0 Å². The second-order valence-corrected chi connectivity index (χ2v) is 4.19. The van der Waals surface area contributed by atoms with Gasteiger partial charge < -0.3 is 0 Å². The number of fused-ring (bicyclic) bond motifs is 1. The standard InChI is InChI=1S/C10H9BrO/c11-10-4-2-8-5-7(6-12)1-3-9(8)10/h1,3,5-6,10H,2,4H2. The van der Waals surface area contributed by atoms with Gasteiger partial charge in [0.15, 0.2) is 0 Å². The second-order valence-electron chi connectivity index (χ2n) is 3.08. The first-order valence-corrected chi connectivity index (χ1v) is 4.95. The fraction of sp³-hybridized carbons (Fsp3) is 0.300. The Hall–Kier alpha value is -0.630. The van der Waals surface area contributed by atoms with Gasteiger partial charge in [0.25, 0.3) is 0 Å². The maximum Gasteiger partial charge on any atom is 0.150 e. The highest BCUT2D eigenvalue weighted by Gasteiger charge is 2.19. The van der Waals surface area contributed by atoms with Gasteiger partial charge in [-0.2, -0.15) is 0 Å². The molecule has 0 aliphatic heterocycles. The number of carbonyl (C=O) groups is 1. The summed E-state index contributed by atoms with van der Waals surface area (Å²) < 4.78 is 0. The quantitative estimate of drug-likeness (QED) is 0.530. The van der Waals surface area contributed by atoms with Crippen LogP contribution in [0.5, 0.6) is 0 Å². The van der Waals surface area contributed by atoms with Crippen molar-refractivity contribution in [3.05, 3.63) is 34.9 Å². The number of hydrogen-bond acceptors (Lipinski definition) is 1. The summed E-state index contributed by atoms with van der Waals surface area (Å²) in [5, 5.41) is 0. The summed E-state index contributed by atoms with van der Waals surface area (Å²) >= 11 is 3.60. The summed E-state index contributed by atoms with van der Waals surface area (Å²) in [6.07, 6.45) is 3.15. The predicted octanol–water partition coefficient (Wildman–Crippen LogP) is 2.88. The Labute approximate surface area is 79.9 Å². The highest BCUT2D eigenvalue weighted by Crippen LogP contribution is 2.37. The molecule has 1 aliphatic rings. The van der Waals surface area contributed by atoms with Gasteiger partial charge in [-0.05, 0) is 30.0 Å². The molecule has 62 valence electrons. The first-order chi connectivity index (χ1) is 5.81. The highest BCUT2D eigenvalue weighted by molar-refractivity contribution is 9.09. The third-order valence-electron chi connectivity index (χ3n) is 2.31. The zero-order valence-corrected chi connectivity index (χ0v) is 8.17. The zero-order valence-electron chi connectivity index (χ0n) is 6.59. The van der Waals surface area contributed by atoms with E-state index in [2.05, 4.69) is 15.9 Å². The third kappa shape index (κ3) is 1.20. The van der Waals surface area contributed by atoms with Crippen molar-refractivity contribution < 1.29 is 4.79 Å². The molecule has 0 saturated carbocycles. The van der Waals surface area contributed by atoms with Crippen molar-refractivity contribution in [1.82, 2.24) is 0 Å². The lowest BCUT2D eigenvalue weighted by Crippen LogP contribution is -1.86. The molecule has 1 unspecified atom stereocenters. The first kappa shape index (κ1) is 7.99. The molecular formula is C10H9BrO. The second kappa shape index (κ2) is 3.02. The summed E-state index contributed by atoms with van der Waals surface area (Å²) in [6, 6.07) is 5.92. The molecule has 1 aromatic carbocycles. The number of carbonyl (C=O) groups excluding carboxylic acids is 1. The normalized spacial score (nSPS) is 20.6. The minimum atomic E-state index is 0.494. The van der Waals surface area contributed by atoms with Gasteiger partial charge in [-0.15, -0.1) is 0 Å². The number of alkyl halides is 1. The van der Waals surface area contributed by atoms with E-state index in [1.807, 2.05) is 18.2 Å². The van der Waals surface area contributed by atoms with Crippen molar-refractivity contribution in [2.45, 2.75) is 17.7 Å². The number of benzene rings is 1. The number of hydrogen-bond donors (Lipinski definition) is 0. The Balaban J connectivity index is 2.48. The fourth-order valence-corrected chi connectivity index (χ4v) is 2.33. The molecule has 0 N–H and O–H groups in total. The largest absolute Gasteiger partial charge is 0.298 e. The topological polar surface area (TPSA) is 17.1 Å². The molecule has 0 spiro atoms. The van der Waals surface area contributed by atoms with Crippen LogP contribution in [0.3, 0.4) is 0 Å². The molecule has 1 aliphatic carbocycles. The molecule has 1 nitrogen and oxygen atoms in total. The lowest BCUT2D eigenvalue weighted by atomic mass is 10.1. The lowest BCUT2D eigenvalue weighted by molar-refractivity contribution is 0.112. The van der Waals surface area contributed by atoms with Gasteiger partial charge in [0.2, 0.25) is 0 Å². The summed E-state index contributed by atoms with van der Waals surface area (Å²) in [5.41, 5.74) is 3.46. The van der Waals surface area contributed by atoms with Crippen LogP contribution < -0.4 is 0 Å². The zero-order chi connectivity index (χ0) is 8.55. The van der Waals surface area contributed by atoms with E-state index in [4.69, 9.17) is 0 Å². The average molecular weight is 225 g/mol. The van der Waals surface area contributed by atoms with Crippen LogP contribution in [-0.4, -0.2) is 6.29 Å². The molecule has 2 heteroatoms. The minimum absolute atomic E-state index is 0.494. The maximum absolute atomic E-state index is 10.5. The molecule has 0 aromatic heterocycles. The highest BCUT2D eigenvalue weighted by atomic mass is 79.9. The average Bonchev–Trinajstić information content (AvgIpc) is 2.47. The molecule has 0 amide bonds. The van der Waals surface area contributed by atoms with E-state index >= 15 is 0 Å². The number of halogens is 1. The molecule has 2 rings (SSSR count). The van der Waals surface area contributed by atoms with Gasteiger partial charge in [-0.1, -0.05) is 28.1 Å². The Bertz CT molecular complexity index is 320. The smallest absolute Gasteiger partial charge is 0.150 e. The Kier molecular flexibility index (Phi) is 2.01. The molecular weight excluding hydrogens is 216 g/mol. The fourth-order valence-electron chi connectivity index (χ4n) is 1.66. The minimum Gasteiger partial charge on any atom is -0.298 e. The van der Waals surface area contributed by atoms with Crippen molar-refractivity contribution in [2.75, 3.05) is 0 Å². The van der Waals surface area contributed by atoms with Crippen LogP contribution in [0.1, 0.15) is 32.7 Å². The maximum atomic E-state index is 10.5. The first-order valence-electron chi connectivity index (χ1n) is 4.03. The molecule has 0 heterocycles. The van der Waals surface area contributed by atoms with Crippen molar-refractivity contribution >= 4 is 22.2 Å². The van der Waals surface area contributed by atoms with Gasteiger partial charge in [0.05, 0.1) is 0 Å². The van der Waals surface area contributed by atoms with Crippen molar-refractivity contribution in [3.8, 4) is 0 Å². The number of aldehydes is 1. The number of aryl methyl sites for hydroxylation is 1. The van der Waals surface area contributed by atoms with E-state index in [0.717, 1.165) is 24.7 Å². The molecule has 12 heavy (non-hydrogen) atoms. The Morgan fingerprint density at radius 1 is 1.50 bits per heavy atom.